The van der Waals surface area contributed by atoms with Gasteiger partial charge in [0.05, 0.1) is 5.75 Å². The van der Waals surface area contributed by atoms with Crippen molar-refractivity contribution < 1.29 is 17.9 Å². The minimum Gasteiger partial charge on any atom is -0.444 e. The van der Waals surface area contributed by atoms with Gasteiger partial charge in [-0.2, -0.15) is 0 Å². The number of rotatable bonds is 8. The van der Waals surface area contributed by atoms with Crippen molar-refractivity contribution in [3.8, 4) is 0 Å². The first-order chi connectivity index (χ1) is 8.66. The van der Waals surface area contributed by atoms with Crippen LogP contribution in [0.25, 0.3) is 0 Å². The SMILES string of the molecule is CNS(=O)(=O)CCNCCCNC(=O)OC(C)(C)C. The number of carbonyl (C=O) groups is 1. The molecule has 0 unspecified atom stereocenters. The molecule has 0 aromatic heterocycles. The number of nitrogens with one attached hydrogen (secondary N) is 3. The molecular weight excluding hydrogens is 270 g/mol. The third kappa shape index (κ3) is 11.9. The molecule has 3 N–H and O–H groups in total. The Kier molecular flexibility index (Phi) is 7.96. The molecule has 0 aliphatic heterocycles. The van der Waals surface area contributed by atoms with Gasteiger partial charge < -0.3 is 15.4 Å². The van der Waals surface area contributed by atoms with Crippen LogP contribution in [0.1, 0.15) is 27.2 Å². The molecule has 0 rings (SSSR count). The summed E-state index contributed by atoms with van der Waals surface area (Å²) in [7, 11) is -1.76. The normalized spacial score (nSPS) is 12.2. The second-order valence-corrected chi connectivity index (χ2v) is 7.10. The molecule has 0 saturated carbocycles. The fourth-order valence-corrected chi connectivity index (χ4v) is 1.77. The molecule has 0 aromatic carbocycles. The highest BCUT2D eigenvalue weighted by molar-refractivity contribution is 7.89. The number of carbonyl (C=O) groups excluding carboxylic acids is 1. The Balaban J connectivity index is 3.49. The quantitative estimate of drug-likeness (QED) is 0.549. The molecular formula is C11H25N3O4S. The van der Waals surface area contributed by atoms with Crippen molar-refractivity contribution in [1.82, 2.24) is 15.4 Å². The lowest BCUT2D eigenvalue weighted by atomic mass is 10.2. The molecule has 0 spiro atoms. The molecule has 0 heterocycles. The molecule has 0 aliphatic carbocycles. The second-order valence-electron chi connectivity index (χ2n) is 5.06. The third-order valence-corrected chi connectivity index (χ3v) is 3.42. The van der Waals surface area contributed by atoms with E-state index in [4.69, 9.17) is 4.74 Å². The van der Waals surface area contributed by atoms with Crippen molar-refractivity contribution in [2.45, 2.75) is 32.8 Å². The van der Waals surface area contributed by atoms with Crippen LogP contribution in [0.4, 0.5) is 4.79 Å². The standard InChI is InChI=1S/C11H25N3O4S/c1-11(2,3)18-10(15)14-7-5-6-13-8-9-19(16,17)12-4/h12-13H,5-9H2,1-4H3,(H,14,15). The molecule has 0 atom stereocenters. The van der Waals surface area contributed by atoms with Gasteiger partial charge in [0.15, 0.2) is 0 Å². The fraction of sp³-hybridized carbons (Fsp3) is 0.909. The van der Waals surface area contributed by atoms with E-state index in [1.54, 1.807) is 20.8 Å². The Morgan fingerprint density at radius 3 is 2.32 bits per heavy atom. The topological polar surface area (TPSA) is 96.5 Å². The summed E-state index contributed by atoms with van der Waals surface area (Å²) >= 11 is 0. The number of ether oxygens (including phenoxy) is 1. The van der Waals surface area contributed by atoms with Gasteiger partial charge in [-0.1, -0.05) is 0 Å². The maximum atomic E-state index is 11.3. The van der Waals surface area contributed by atoms with Crippen molar-refractivity contribution in [2.24, 2.45) is 0 Å². The van der Waals surface area contributed by atoms with Crippen LogP contribution in [0.2, 0.25) is 0 Å². The molecule has 7 nitrogen and oxygen atoms in total. The Bertz CT molecular complexity index is 363. The van der Waals surface area contributed by atoms with Crippen LogP contribution in [0.5, 0.6) is 0 Å². The molecule has 0 aliphatic rings. The van der Waals surface area contributed by atoms with E-state index in [2.05, 4.69) is 15.4 Å². The monoisotopic (exact) mass is 295 g/mol. The lowest BCUT2D eigenvalue weighted by molar-refractivity contribution is 0.0527. The Hall–Kier alpha value is -0.860. The van der Waals surface area contributed by atoms with Crippen molar-refractivity contribution in [2.75, 3.05) is 32.4 Å². The fourth-order valence-electron chi connectivity index (χ4n) is 1.15. The molecule has 1 amide bonds. The summed E-state index contributed by atoms with van der Waals surface area (Å²) in [4.78, 5) is 11.3. The van der Waals surface area contributed by atoms with Gasteiger partial charge in [-0.3, -0.25) is 0 Å². The third-order valence-electron chi connectivity index (χ3n) is 2.06. The summed E-state index contributed by atoms with van der Waals surface area (Å²) in [5.74, 6) is 0.0446. The number of alkyl carbamates (subject to hydrolysis) is 1. The first-order valence-electron chi connectivity index (χ1n) is 6.25. The number of amides is 1. The van der Waals surface area contributed by atoms with Gasteiger partial charge in [-0.25, -0.2) is 17.9 Å². The van der Waals surface area contributed by atoms with Crippen LogP contribution in [0, 0.1) is 0 Å². The minimum absolute atomic E-state index is 0.0446. The largest absolute Gasteiger partial charge is 0.444 e. The summed E-state index contributed by atoms with van der Waals surface area (Å²) in [6, 6.07) is 0. The summed E-state index contributed by atoms with van der Waals surface area (Å²) in [6.07, 6.45) is 0.268. The Labute approximate surface area is 115 Å². The van der Waals surface area contributed by atoms with Gasteiger partial charge in [-0.15, -0.1) is 0 Å². The van der Waals surface area contributed by atoms with Gasteiger partial charge in [0.1, 0.15) is 5.60 Å². The lowest BCUT2D eigenvalue weighted by Gasteiger charge is -2.19. The van der Waals surface area contributed by atoms with E-state index in [-0.39, 0.29) is 5.75 Å². The van der Waals surface area contributed by atoms with Gasteiger partial charge >= 0.3 is 6.09 Å². The molecule has 0 fully saturated rings. The molecule has 19 heavy (non-hydrogen) atoms. The smallest absolute Gasteiger partial charge is 0.407 e. The van der Waals surface area contributed by atoms with Gasteiger partial charge in [0.25, 0.3) is 0 Å². The average molecular weight is 295 g/mol. The highest BCUT2D eigenvalue weighted by Crippen LogP contribution is 2.06. The first kappa shape index (κ1) is 18.1. The van der Waals surface area contributed by atoms with Crippen molar-refractivity contribution in [3.05, 3.63) is 0 Å². The summed E-state index contributed by atoms with van der Waals surface area (Å²) < 4.78 is 29.5. The van der Waals surface area contributed by atoms with Crippen molar-refractivity contribution >= 4 is 16.1 Å². The minimum atomic E-state index is -3.15. The van der Waals surface area contributed by atoms with Crippen LogP contribution in [-0.4, -0.2) is 52.5 Å². The predicted octanol–water partition coefficient (Wildman–Crippen LogP) is 0.0400. The van der Waals surface area contributed by atoms with Crippen LogP contribution < -0.4 is 15.4 Å². The predicted molar refractivity (Wildman–Crippen MR) is 74.6 cm³/mol. The lowest BCUT2D eigenvalue weighted by Crippen LogP contribution is -2.34. The zero-order chi connectivity index (χ0) is 14.9. The molecule has 0 radical (unpaired) electrons. The first-order valence-corrected chi connectivity index (χ1v) is 7.90. The molecule has 0 aromatic rings. The van der Waals surface area contributed by atoms with E-state index >= 15 is 0 Å². The summed E-state index contributed by atoms with van der Waals surface area (Å²) in [6.45, 7) is 6.91. The molecule has 0 saturated heterocycles. The van der Waals surface area contributed by atoms with Gasteiger partial charge in [0, 0.05) is 13.1 Å². The van der Waals surface area contributed by atoms with E-state index < -0.39 is 21.7 Å². The van der Waals surface area contributed by atoms with Crippen molar-refractivity contribution in [3.63, 3.8) is 0 Å². The van der Waals surface area contributed by atoms with E-state index in [1.165, 1.54) is 7.05 Å². The van der Waals surface area contributed by atoms with Crippen LogP contribution in [0.15, 0.2) is 0 Å². The average Bonchev–Trinajstić information content (AvgIpc) is 2.25. The summed E-state index contributed by atoms with van der Waals surface area (Å²) in [5, 5.41) is 5.61. The molecule has 114 valence electrons. The highest BCUT2D eigenvalue weighted by Gasteiger charge is 2.15. The highest BCUT2D eigenvalue weighted by atomic mass is 32.2. The zero-order valence-electron chi connectivity index (χ0n) is 12.1. The Morgan fingerprint density at radius 1 is 1.16 bits per heavy atom. The zero-order valence-corrected chi connectivity index (χ0v) is 12.9. The molecule has 0 bridgehead atoms. The van der Waals surface area contributed by atoms with Crippen LogP contribution in [0.3, 0.4) is 0 Å². The van der Waals surface area contributed by atoms with Gasteiger partial charge in [-0.05, 0) is 40.8 Å². The van der Waals surface area contributed by atoms with Crippen molar-refractivity contribution in [1.29, 1.82) is 0 Å². The second kappa shape index (κ2) is 8.34. The number of hydrogen-bond acceptors (Lipinski definition) is 5. The van der Waals surface area contributed by atoms with Crippen LogP contribution in [-0.2, 0) is 14.8 Å². The van der Waals surface area contributed by atoms with Crippen LogP contribution >= 0.6 is 0 Å². The number of hydrogen-bond donors (Lipinski definition) is 3. The maximum Gasteiger partial charge on any atom is 0.407 e. The van der Waals surface area contributed by atoms with E-state index in [1.807, 2.05) is 0 Å². The van der Waals surface area contributed by atoms with E-state index in [0.717, 1.165) is 0 Å². The maximum absolute atomic E-state index is 11.3. The molecule has 8 heteroatoms. The number of sulfonamides is 1. The summed E-state index contributed by atoms with van der Waals surface area (Å²) in [5.41, 5.74) is -0.496. The van der Waals surface area contributed by atoms with E-state index in [0.29, 0.717) is 26.1 Å². The Morgan fingerprint density at radius 2 is 1.79 bits per heavy atom. The van der Waals surface area contributed by atoms with Gasteiger partial charge in [0.2, 0.25) is 10.0 Å². The van der Waals surface area contributed by atoms with E-state index in [9.17, 15) is 13.2 Å².